The van der Waals surface area contributed by atoms with Crippen molar-refractivity contribution >= 4 is 5.95 Å². The summed E-state index contributed by atoms with van der Waals surface area (Å²) >= 11 is 0. The van der Waals surface area contributed by atoms with Crippen molar-refractivity contribution in [3.63, 3.8) is 0 Å². The Labute approximate surface area is 141 Å². The molecule has 0 bridgehead atoms. The third-order valence-corrected chi connectivity index (χ3v) is 3.84. The minimum Gasteiger partial charge on any atom is -0.370 e. The molecule has 1 aromatic carbocycles. The van der Waals surface area contributed by atoms with Gasteiger partial charge in [-0.25, -0.2) is 14.4 Å². The Balaban J connectivity index is 1.55. The Bertz CT molecular complexity index is 691. The zero-order valence-electron chi connectivity index (χ0n) is 13.1. The molecule has 0 saturated carbocycles. The molecule has 1 fully saturated rings. The second-order valence-electron chi connectivity index (χ2n) is 5.68. The first-order valence-corrected chi connectivity index (χ1v) is 7.64. The first-order chi connectivity index (χ1) is 11.9. The predicted octanol–water partition coefficient (Wildman–Crippen LogP) is 2.60. The summed E-state index contributed by atoms with van der Waals surface area (Å²) in [5.74, 6) is -0.233. The maximum absolute atomic E-state index is 12.8. The molecule has 2 N–H and O–H groups in total. The van der Waals surface area contributed by atoms with E-state index in [0.717, 1.165) is 24.5 Å². The van der Waals surface area contributed by atoms with Crippen molar-refractivity contribution in [1.82, 2.24) is 15.3 Å². The second kappa shape index (κ2) is 7.32. The van der Waals surface area contributed by atoms with Crippen LogP contribution in [0.1, 0.15) is 11.1 Å². The average Bonchev–Trinajstić information content (AvgIpc) is 3.02. The van der Waals surface area contributed by atoms with Crippen molar-refractivity contribution in [2.24, 2.45) is 0 Å². The van der Waals surface area contributed by atoms with E-state index in [1.165, 1.54) is 12.1 Å². The van der Waals surface area contributed by atoms with Gasteiger partial charge in [0.2, 0.25) is 5.95 Å². The highest BCUT2D eigenvalue weighted by molar-refractivity contribution is 5.27. The Morgan fingerprint density at radius 2 is 1.80 bits per heavy atom. The van der Waals surface area contributed by atoms with Gasteiger partial charge in [0.25, 0.3) is 0 Å². The van der Waals surface area contributed by atoms with Crippen LogP contribution in [-0.4, -0.2) is 35.2 Å². The van der Waals surface area contributed by atoms with E-state index >= 15 is 0 Å². The van der Waals surface area contributed by atoms with Crippen LogP contribution in [0.25, 0.3) is 0 Å². The quantitative estimate of drug-likeness (QED) is 0.807. The van der Waals surface area contributed by atoms with Crippen LogP contribution in [0.4, 0.5) is 23.5 Å². The van der Waals surface area contributed by atoms with Gasteiger partial charge in [0.15, 0.2) is 5.82 Å². The number of nitrogens with zero attached hydrogens (tertiary/aromatic N) is 2. The molecular weight excluding hydrogens is 340 g/mol. The molecule has 25 heavy (non-hydrogen) atoms. The lowest BCUT2D eigenvalue weighted by molar-refractivity contribution is -0.137. The zero-order chi connectivity index (χ0) is 17.9. The molecule has 1 saturated heterocycles. The maximum atomic E-state index is 12.8. The van der Waals surface area contributed by atoms with Gasteiger partial charge < -0.3 is 15.4 Å². The van der Waals surface area contributed by atoms with Crippen molar-refractivity contribution in [2.45, 2.75) is 24.9 Å². The molecule has 1 aliphatic heterocycles. The molecule has 2 aromatic rings. The number of halogens is 4. The van der Waals surface area contributed by atoms with E-state index in [1.807, 2.05) is 0 Å². The van der Waals surface area contributed by atoms with E-state index in [0.29, 0.717) is 24.6 Å². The van der Waals surface area contributed by atoms with Gasteiger partial charge in [-0.1, -0.05) is 12.1 Å². The smallest absolute Gasteiger partial charge is 0.370 e. The molecule has 9 heteroatoms. The van der Waals surface area contributed by atoms with Gasteiger partial charge in [0.1, 0.15) is 0 Å². The molecular formula is C16H16F4N4O. The van der Waals surface area contributed by atoms with E-state index < -0.39 is 17.6 Å². The highest BCUT2D eigenvalue weighted by atomic mass is 19.4. The average molecular weight is 356 g/mol. The Morgan fingerprint density at radius 3 is 2.44 bits per heavy atom. The molecule has 3 rings (SSSR count). The molecule has 2 heterocycles. The van der Waals surface area contributed by atoms with Gasteiger partial charge in [0, 0.05) is 13.1 Å². The number of benzene rings is 1. The monoisotopic (exact) mass is 356 g/mol. The lowest BCUT2D eigenvalue weighted by Gasteiger charge is -2.20. The largest absolute Gasteiger partial charge is 0.416 e. The highest BCUT2D eigenvalue weighted by Crippen LogP contribution is 2.29. The Kier molecular flexibility index (Phi) is 5.14. The van der Waals surface area contributed by atoms with Crippen molar-refractivity contribution in [3.8, 4) is 0 Å². The SMILES string of the molecule is Fc1cnc(N[C@@H]2CNC[C@H]2OCc2ccc(C(F)(F)F)cc2)nc1. The summed E-state index contributed by atoms with van der Waals surface area (Å²) in [6, 6.07) is 4.74. The summed E-state index contributed by atoms with van der Waals surface area (Å²) in [4.78, 5) is 7.68. The number of anilines is 1. The number of rotatable bonds is 5. The standard InChI is InChI=1S/C16H16F4N4O/c17-12-5-22-15(23-6-12)24-13-7-21-8-14(13)25-9-10-1-3-11(4-2-10)16(18,19)20/h1-6,13-14,21H,7-9H2,(H,22,23,24)/t13-,14-/m1/s1. The summed E-state index contributed by atoms with van der Waals surface area (Å²) in [6.07, 6.45) is -2.43. The van der Waals surface area contributed by atoms with E-state index in [-0.39, 0.29) is 18.8 Å². The van der Waals surface area contributed by atoms with Gasteiger partial charge in [-0.3, -0.25) is 0 Å². The molecule has 1 aromatic heterocycles. The third kappa shape index (κ3) is 4.64. The van der Waals surface area contributed by atoms with Crippen molar-refractivity contribution < 1.29 is 22.3 Å². The van der Waals surface area contributed by atoms with Crippen LogP contribution in [0.2, 0.25) is 0 Å². The van der Waals surface area contributed by atoms with Gasteiger partial charge in [0.05, 0.1) is 36.7 Å². The summed E-state index contributed by atoms with van der Waals surface area (Å²) in [6.45, 7) is 1.38. The van der Waals surface area contributed by atoms with Crippen LogP contribution in [0.15, 0.2) is 36.7 Å². The van der Waals surface area contributed by atoms with E-state index in [2.05, 4.69) is 20.6 Å². The number of nitrogens with one attached hydrogen (secondary N) is 2. The lowest BCUT2D eigenvalue weighted by atomic mass is 10.1. The number of hydrogen-bond acceptors (Lipinski definition) is 5. The van der Waals surface area contributed by atoms with E-state index in [1.54, 1.807) is 0 Å². The van der Waals surface area contributed by atoms with Crippen molar-refractivity contribution in [1.29, 1.82) is 0 Å². The van der Waals surface area contributed by atoms with E-state index in [4.69, 9.17) is 4.74 Å². The number of aromatic nitrogens is 2. The Morgan fingerprint density at radius 1 is 1.12 bits per heavy atom. The predicted molar refractivity (Wildman–Crippen MR) is 82.3 cm³/mol. The molecule has 0 radical (unpaired) electrons. The second-order valence-corrected chi connectivity index (χ2v) is 5.68. The summed E-state index contributed by atoms with van der Waals surface area (Å²) in [7, 11) is 0. The van der Waals surface area contributed by atoms with Crippen molar-refractivity contribution in [2.75, 3.05) is 18.4 Å². The first kappa shape index (κ1) is 17.6. The van der Waals surface area contributed by atoms with Gasteiger partial charge in [-0.05, 0) is 17.7 Å². The molecule has 2 atom stereocenters. The fourth-order valence-electron chi connectivity index (χ4n) is 2.52. The Hall–Kier alpha value is -2.26. The topological polar surface area (TPSA) is 59.1 Å². The molecule has 0 unspecified atom stereocenters. The van der Waals surface area contributed by atoms with E-state index in [9.17, 15) is 17.6 Å². The fourth-order valence-corrected chi connectivity index (χ4v) is 2.52. The molecule has 5 nitrogen and oxygen atoms in total. The normalized spacial score (nSPS) is 20.6. The van der Waals surface area contributed by atoms with Gasteiger partial charge >= 0.3 is 6.18 Å². The first-order valence-electron chi connectivity index (χ1n) is 7.64. The zero-order valence-corrected chi connectivity index (χ0v) is 13.1. The van der Waals surface area contributed by atoms with Gasteiger partial charge in [-0.2, -0.15) is 13.2 Å². The lowest BCUT2D eigenvalue weighted by Crippen LogP contribution is -2.34. The minimum atomic E-state index is -4.35. The summed E-state index contributed by atoms with van der Waals surface area (Å²) < 4.78 is 56.3. The molecule has 134 valence electrons. The molecule has 0 aliphatic carbocycles. The minimum absolute atomic E-state index is 0.125. The van der Waals surface area contributed by atoms with Crippen LogP contribution in [0.3, 0.4) is 0 Å². The van der Waals surface area contributed by atoms with Crippen LogP contribution in [-0.2, 0) is 17.5 Å². The maximum Gasteiger partial charge on any atom is 0.416 e. The van der Waals surface area contributed by atoms with Crippen LogP contribution >= 0.6 is 0 Å². The number of hydrogen-bond donors (Lipinski definition) is 2. The van der Waals surface area contributed by atoms with Crippen LogP contribution in [0.5, 0.6) is 0 Å². The van der Waals surface area contributed by atoms with Gasteiger partial charge in [-0.15, -0.1) is 0 Å². The molecule has 0 spiro atoms. The van der Waals surface area contributed by atoms with Crippen LogP contribution in [0, 0.1) is 5.82 Å². The number of alkyl halides is 3. The molecule has 0 amide bonds. The summed E-state index contributed by atoms with van der Waals surface area (Å²) in [5.41, 5.74) is -0.0385. The summed E-state index contributed by atoms with van der Waals surface area (Å²) in [5, 5.41) is 6.21. The number of ether oxygens (including phenoxy) is 1. The highest BCUT2D eigenvalue weighted by Gasteiger charge is 2.30. The molecule has 1 aliphatic rings. The third-order valence-electron chi connectivity index (χ3n) is 3.84. The fraction of sp³-hybridized carbons (Fsp3) is 0.375. The van der Waals surface area contributed by atoms with Crippen LogP contribution < -0.4 is 10.6 Å². The van der Waals surface area contributed by atoms with Crippen molar-refractivity contribution in [3.05, 3.63) is 53.6 Å².